The molecule has 16 heterocycles. The lowest BCUT2D eigenvalue weighted by Gasteiger charge is -2.34. The van der Waals surface area contributed by atoms with Gasteiger partial charge in [0.05, 0.1) is 197 Å². The van der Waals surface area contributed by atoms with Crippen molar-refractivity contribution < 1.29 is 58.9 Å². The minimum absolute atomic E-state index is 0.0657. The number of ether oxygens (including phenoxy) is 8. The lowest BCUT2D eigenvalue weighted by Crippen LogP contribution is -2.44. The number of rotatable bonds is 18. The number of hydrogen-bond acceptors (Lipinski definition) is 39. The van der Waals surface area contributed by atoms with Crippen LogP contribution in [0, 0.1) is 13.8 Å². The zero-order valence-electron chi connectivity index (χ0n) is 81.1. The zero-order valence-corrected chi connectivity index (χ0v) is 85.2. The van der Waals surface area contributed by atoms with Gasteiger partial charge < -0.3 is 79.6 Å². The predicted molar refractivity (Wildman–Crippen MR) is 551 cm³/mol. The van der Waals surface area contributed by atoms with E-state index in [2.05, 4.69) is 127 Å². The van der Waals surface area contributed by atoms with Crippen molar-refractivity contribution in [2.75, 3.05) is 224 Å². The number of nitrogen functional groups attached to an aromatic ring is 3. The van der Waals surface area contributed by atoms with E-state index in [9.17, 15) is 21.0 Å². The fraction of sp³-hybridized carbons (Fsp3) is 0.457. The number of anilines is 8. The Morgan fingerprint density at radius 2 is 0.671 bits per heavy atom. The number of fused-ring (bicyclic) bond motifs is 2. The summed E-state index contributed by atoms with van der Waals surface area (Å²) in [5.74, 6) is 8.95. The zero-order chi connectivity index (χ0) is 99.0. The molecule has 1 unspecified atom stereocenters. The summed E-state index contributed by atoms with van der Waals surface area (Å²) in [5.41, 5.74) is 26.5. The van der Waals surface area contributed by atoms with Gasteiger partial charge in [-0.15, -0.1) is 0 Å². The van der Waals surface area contributed by atoms with Crippen LogP contribution in [0.25, 0.3) is 68.3 Å². The number of morpholine rings is 5. The summed E-state index contributed by atoms with van der Waals surface area (Å²) < 4.78 is 133. The van der Waals surface area contributed by atoms with E-state index >= 15 is 0 Å². The van der Waals surface area contributed by atoms with Gasteiger partial charge in [-0.25, -0.2) is 65.9 Å². The number of aromatic nitrogens is 15. The molecular weight excluding hydrogens is 1890 g/mol. The van der Waals surface area contributed by atoms with E-state index in [-0.39, 0.29) is 46.0 Å². The van der Waals surface area contributed by atoms with Crippen LogP contribution in [0.3, 0.4) is 0 Å². The van der Waals surface area contributed by atoms with Crippen LogP contribution in [0.4, 0.5) is 75.2 Å². The Hall–Kier alpha value is -11.8. The highest BCUT2D eigenvalue weighted by Gasteiger charge is 2.34. The van der Waals surface area contributed by atoms with Crippen molar-refractivity contribution in [3.63, 3.8) is 0 Å². The summed E-state index contributed by atoms with van der Waals surface area (Å²) in [6.45, 7) is 27.2. The van der Waals surface area contributed by atoms with E-state index < -0.39 is 48.6 Å². The average molecular weight is 2010 g/mol. The van der Waals surface area contributed by atoms with Crippen molar-refractivity contribution in [2.45, 2.75) is 94.4 Å². The van der Waals surface area contributed by atoms with Crippen LogP contribution in [-0.4, -0.2) is 323 Å². The molecule has 0 spiro atoms. The second-order valence-corrected chi connectivity index (χ2v) is 49.1. The van der Waals surface area contributed by atoms with Crippen LogP contribution in [0.5, 0.6) is 0 Å². The molecule has 0 amide bonds. The SMILES string of the molecule is C[C@@H]1COCCN1c1cc(N=S(C)(=O)C2COC2)nc(-c2cccc(N)c2)n1.C[C@@H]1COCCN1c1cc(N=[S@@](C)(=O)C2COC2)nc(-c2cccc(N)c2)n1.C[C@@H]1COCCN1c1cc(N=[S@](C)(=O)C2COC2)nc(-c2cccc(N)c2)n1.Cc1ccc2ncn(-c3nc(N=S(C)(C)=O)cc(N4CCOC[C@H]4C)n3)c2c1.Cc1nc2ncccc2n1-c1nc(N=S(C)(C)=O)cc(N2CCOC[C@H]2C)n1. The Labute approximate surface area is 817 Å². The molecule has 41 nitrogen and oxygen atoms in total. The maximum absolute atomic E-state index is 13.0. The summed E-state index contributed by atoms with van der Waals surface area (Å²) in [4.78, 5) is 70.8. The molecule has 0 aliphatic carbocycles. The summed E-state index contributed by atoms with van der Waals surface area (Å²) in [6, 6.07) is 42.0. The molecule has 12 aromatic rings. The van der Waals surface area contributed by atoms with E-state index in [0.717, 1.165) is 106 Å². The molecular formula is C94H122N28O13S5. The molecule has 46 heteroatoms. The minimum atomic E-state index is -2.45. The summed E-state index contributed by atoms with van der Waals surface area (Å²) in [6.07, 6.45) is 14.8. The molecule has 140 heavy (non-hydrogen) atoms. The molecule has 8 aliphatic heterocycles. The molecule has 8 saturated heterocycles. The lowest BCUT2D eigenvalue weighted by molar-refractivity contribution is 0.0430. The first-order chi connectivity index (χ1) is 66.9. The molecule has 8 fully saturated rings. The highest BCUT2D eigenvalue weighted by atomic mass is 32.2. The molecule has 746 valence electrons. The van der Waals surface area contributed by atoms with Gasteiger partial charge in [-0.3, -0.25) is 9.13 Å². The average Bonchev–Trinajstić information content (AvgIpc) is 1.64. The smallest absolute Gasteiger partial charge is 0.239 e. The van der Waals surface area contributed by atoms with Crippen molar-refractivity contribution in [1.29, 1.82) is 0 Å². The van der Waals surface area contributed by atoms with E-state index in [1.54, 1.807) is 86.6 Å². The number of aryl methyl sites for hydroxylation is 2. The fourth-order valence-corrected chi connectivity index (χ4v) is 21.2. The third-order valence-electron chi connectivity index (χ3n) is 24.1. The standard InChI is InChI=1S/C19H24N6O2S.3C19H25N5O3S.C18H23N7O2S/c1-13-5-6-15-16(9-13)25(12-20-15)19-21-17(23-28(3,4)26)10-18(22-19)24-7-8-27-11-14(24)2;3*1-13-10-26-7-6-24(13)18-9-17(23-28(2,25)16-11-27-12-16)21-19(22-18)14-4-3-5-15(20)8-14;1-12-11-27-9-8-24(12)16-10-15(23-28(3,4)26)21-18(22-16)25-13(2)20-17-14(25)6-5-7-19-17/h5-6,9-10,12,14H,7-8,11H2,1-4H3;3*3-5,8-9,13,16H,6-7,10-12,20H2,1-2H3;5-7,10,12H,8-9,11H2,1-4H3/t14-;13-,28?;13-,28+;13-,28-;12-/m11111/s1. The Morgan fingerprint density at radius 3 is 1.00 bits per heavy atom. The Balaban J connectivity index is 0.000000126. The Kier molecular flexibility index (Phi) is 31.6. The molecule has 20 rings (SSSR count). The molecule has 0 bridgehead atoms. The predicted octanol–water partition coefficient (Wildman–Crippen LogP) is 11.0. The normalized spacial score (nSPS) is 20.6. The topological polar surface area (TPSA) is 493 Å². The Bertz CT molecular complexity index is 6810. The van der Waals surface area contributed by atoms with Crippen LogP contribution < -0.4 is 41.7 Å². The van der Waals surface area contributed by atoms with Crippen LogP contribution >= 0.6 is 0 Å². The van der Waals surface area contributed by atoms with Gasteiger partial charge in [0.25, 0.3) is 0 Å². The summed E-state index contributed by atoms with van der Waals surface area (Å²) >= 11 is 0. The molecule has 8 atom stereocenters. The number of nitrogens with zero attached hydrogens (tertiary/aromatic N) is 25. The van der Waals surface area contributed by atoms with Gasteiger partial charge in [0.1, 0.15) is 41.2 Å². The summed E-state index contributed by atoms with van der Waals surface area (Å²) in [5, 5.41) is -0.197. The number of benzene rings is 4. The van der Waals surface area contributed by atoms with E-state index in [1.165, 1.54) is 0 Å². The number of imidazole rings is 2. The molecule has 6 N–H and O–H groups in total. The van der Waals surface area contributed by atoms with Crippen LogP contribution in [0.2, 0.25) is 0 Å². The first kappa shape index (κ1) is 101. The highest BCUT2D eigenvalue weighted by molar-refractivity contribution is 7.94. The molecule has 0 saturated carbocycles. The summed E-state index contributed by atoms with van der Waals surface area (Å²) in [7, 11) is -12.1. The van der Waals surface area contributed by atoms with Gasteiger partial charge in [0, 0.05) is 166 Å². The first-order valence-electron chi connectivity index (χ1n) is 46.1. The van der Waals surface area contributed by atoms with Gasteiger partial charge in [-0.2, -0.15) is 41.7 Å². The van der Waals surface area contributed by atoms with Crippen LogP contribution in [0.15, 0.2) is 168 Å². The molecule has 8 aliphatic rings. The minimum Gasteiger partial charge on any atom is -0.399 e. The maximum Gasteiger partial charge on any atom is 0.239 e. The van der Waals surface area contributed by atoms with Gasteiger partial charge in [0.15, 0.2) is 52.2 Å². The van der Waals surface area contributed by atoms with Crippen molar-refractivity contribution in [1.82, 2.24) is 73.9 Å². The van der Waals surface area contributed by atoms with Crippen molar-refractivity contribution in [2.24, 2.45) is 21.8 Å². The maximum atomic E-state index is 13.0. The van der Waals surface area contributed by atoms with Gasteiger partial charge in [-0.1, -0.05) is 42.5 Å². The largest absolute Gasteiger partial charge is 0.399 e. The van der Waals surface area contributed by atoms with E-state index in [0.29, 0.717) is 187 Å². The number of hydrogen-bond donors (Lipinski definition) is 3. The first-order valence-corrected chi connectivity index (χ1v) is 56.7. The third kappa shape index (κ3) is 25.4. The molecule has 0 radical (unpaired) electrons. The van der Waals surface area contributed by atoms with Gasteiger partial charge in [0.2, 0.25) is 11.9 Å². The van der Waals surface area contributed by atoms with Crippen molar-refractivity contribution >= 4 is 146 Å². The van der Waals surface area contributed by atoms with Gasteiger partial charge in [-0.05, 0) is 115 Å². The lowest BCUT2D eigenvalue weighted by atomic mass is 10.2. The quantitative estimate of drug-likeness (QED) is 0.0672. The second-order valence-electron chi connectivity index (χ2n) is 36.3. The third-order valence-corrected chi connectivity index (χ3v) is 31.5. The Morgan fingerprint density at radius 1 is 0.336 bits per heavy atom. The molecule has 8 aromatic heterocycles. The number of nitrogens with two attached hydrogens (primary N) is 3. The highest BCUT2D eigenvalue weighted by Crippen LogP contribution is 2.36. The monoisotopic (exact) mass is 2010 g/mol. The number of pyridine rings is 1. The fourth-order valence-electron chi connectivity index (χ4n) is 16.2. The van der Waals surface area contributed by atoms with Gasteiger partial charge >= 0.3 is 0 Å². The van der Waals surface area contributed by atoms with Crippen molar-refractivity contribution in [3.05, 3.63) is 157 Å². The molecule has 4 aromatic carbocycles. The van der Waals surface area contributed by atoms with E-state index in [4.69, 9.17) is 80.0 Å². The van der Waals surface area contributed by atoms with E-state index in [1.807, 2.05) is 120 Å². The van der Waals surface area contributed by atoms with Crippen LogP contribution in [0.1, 0.15) is 46.0 Å². The van der Waals surface area contributed by atoms with Crippen molar-refractivity contribution in [3.8, 4) is 46.1 Å². The second kappa shape index (κ2) is 43.7. The van der Waals surface area contributed by atoms with Crippen LogP contribution in [-0.2, 0) is 86.5 Å².